The molecule has 360 valence electrons. The van der Waals surface area contributed by atoms with Crippen LogP contribution in [0, 0.1) is 0 Å². The van der Waals surface area contributed by atoms with Crippen LogP contribution >= 0.6 is 0 Å². The SMILES string of the molecule is CCCCCc1cc(O[C@@H]2O[C@H](CO)[C@@H](O)[C@H](O[C@@H]3O[C@H](C)[C@@H](O)[C@H](O)[C@H]3O)[C@H]2O)c([C@@H]2C=C(C)CCC2)c(O[C@@H]2O[C@H](CO)[C@@H](O)[C@H](O[C@H]3O[C@H](CO)[C@@H](O)[C@H](O)[C@H]3O)[C@H]2O)c1. The molecular formula is C42H66O21. The first-order valence-electron chi connectivity index (χ1n) is 21.8. The third kappa shape index (κ3) is 11.0. The Hall–Kier alpha value is -2.20. The minimum Gasteiger partial charge on any atom is -0.462 e. The van der Waals surface area contributed by atoms with Gasteiger partial charge >= 0.3 is 0 Å². The number of hydrogen-bond donors (Lipinski definition) is 13. The molecule has 0 spiro atoms. The molecule has 0 radical (unpaired) electrons. The summed E-state index contributed by atoms with van der Waals surface area (Å²) in [4.78, 5) is 0. The number of rotatable bonds is 16. The van der Waals surface area contributed by atoms with Gasteiger partial charge in [-0.25, -0.2) is 0 Å². The van der Waals surface area contributed by atoms with Crippen molar-refractivity contribution in [1.29, 1.82) is 0 Å². The Morgan fingerprint density at radius 2 is 1.05 bits per heavy atom. The number of hydrogen-bond acceptors (Lipinski definition) is 21. The molecule has 21 nitrogen and oxygen atoms in total. The first-order valence-corrected chi connectivity index (χ1v) is 21.8. The smallest absolute Gasteiger partial charge is 0.229 e. The highest BCUT2D eigenvalue weighted by molar-refractivity contribution is 5.52. The molecule has 21 atom stereocenters. The third-order valence-corrected chi connectivity index (χ3v) is 12.5. The van der Waals surface area contributed by atoms with Gasteiger partial charge in [0, 0.05) is 11.5 Å². The monoisotopic (exact) mass is 906 g/mol. The van der Waals surface area contributed by atoms with Crippen LogP contribution in [0.4, 0.5) is 0 Å². The van der Waals surface area contributed by atoms with E-state index in [2.05, 4.69) is 0 Å². The van der Waals surface area contributed by atoms with Crippen molar-refractivity contribution >= 4 is 0 Å². The summed E-state index contributed by atoms with van der Waals surface area (Å²) >= 11 is 0. The zero-order valence-corrected chi connectivity index (χ0v) is 35.5. The highest BCUT2D eigenvalue weighted by Crippen LogP contribution is 2.45. The van der Waals surface area contributed by atoms with Crippen LogP contribution in [-0.2, 0) is 34.8 Å². The molecule has 4 saturated heterocycles. The van der Waals surface area contributed by atoms with Crippen molar-refractivity contribution < 1.29 is 104 Å². The summed E-state index contributed by atoms with van der Waals surface area (Å²) in [6.07, 6.45) is -25.7. The first kappa shape index (κ1) is 50.2. The van der Waals surface area contributed by atoms with Crippen molar-refractivity contribution in [3.8, 4) is 11.5 Å². The summed E-state index contributed by atoms with van der Waals surface area (Å²) in [5.41, 5.74) is 2.11. The molecule has 0 unspecified atom stereocenters. The van der Waals surface area contributed by atoms with Gasteiger partial charge in [-0.2, -0.15) is 0 Å². The number of ether oxygens (including phenoxy) is 8. The number of aliphatic hydroxyl groups is 13. The fraction of sp³-hybridized carbons (Fsp3) is 0.810. The molecular weight excluding hydrogens is 840 g/mol. The molecule has 0 bridgehead atoms. The van der Waals surface area contributed by atoms with Gasteiger partial charge in [-0.3, -0.25) is 0 Å². The number of allylic oxidation sites excluding steroid dienone is 2. The van der Waals surface area contributed by atoms with E-state index in [1.165, 1.54) is 6.92 Å². The Morgan fingerprint density at radius 3 is 1.54 bits per heavy atom. The van der Waals surface area contributed by atoms with E-state index in [9.17, 15) is 66.4 Å². The molecule has 0 amide bonds. The van der Waals surface area contributed by atoms with Crippen molar-refractivity contribution in [1.82, 2.24) is 0 Å². The molecule has 13 N–H and O–H groups in total. The van der Waals surface area contributed by atoms with E-state index in [4.69, 9.17) is 37.9 Å². The summed E-state index contributed by atoms with van der Waals surface area (Å²) in [6, 6.07) is 3.46. The molecule has 6 rings (SSSR count). The summed E-state index contributed by atoms with van der Waals surface area (Å²) in [5, 5.41) is 139. The van der Waals surface area contributed by atoms with Gasteiger partial charge in [0.05, 0.1) is 25.9 Å². The quantitative estimate of drug-likeness (QED) is 0.0570. The molecule has 0 saturated carbocycles. The molecule has 1 aliphatic carbocycles. The summed E-state index contributed by atoms with van der Waals surface area (Å²) in [7, 11) is 0. The molecule has 4 heterocycles. The number of benzene rings is 1. The van der Waals surface area contributed by atoms with Gasteiger partial charge in [-0.1, -0.05) is 31.4 Å². The second kappa shape index (κ2) is 22.1. The predicted molar refractivity (Wildman–Crippen MR) is 213 cm³/mol. The zero-order chi connectivity index (χ0) is 45.9. The van der Waals surface area contributed by atoms with Crippen LogP contribution in [0.3, 0.4) is 0 Å². The molecule has 4 fully saturated rings. The van der Waals surface area contributed by atoms with E-state index >= 15 is 0 Å². The van der Waals surface area contributed by atoms with Crippen LogP contribution in [0.1, 0.15) is 76.3 Å². The Kier molecular flexibility index (Phi) is 17.6. The van der Waals surface area contributed by atoms with Crippen LogP contribution in [0.5, 0.6) is 11.5 Å². The molecule has 1 aromatic carbocycles. The highest BCUT2D eigenvalue weighted by atomic mass is 16.8. The Balaban J connectivity index is 1.36. The number of aliphatic hydroxyl groups excluding tert-OH is 13. The van der Waals surface area contributed by atoms with E-state index < -0.39 is 149 Å². The van der Waals surface area contributed by atoms with Gasteiger partial charge in [0.1, 0.15) is 103 Å². The summed E-state index contributed by atoms with van der Waals surface area (Å²) in [6.45, 7) is 3.11. The zero-order valence-electron chi connectivity index (χ0n) is 35.5. The minimum atomic E-state index is -1.89. The highest BCUT2D eigenvalue weighted by Gasteiger charge is 2.53. The molecule has 1 aromatic rings. The van der Waals surface area contributed by atoms with Crippen molar-refractivity contribution in [3.05, 3.63) is 34.9 Å². The van der Waals surface area contributed by atoms with Crippen molar-refractivity contribution in [2.24, 2.45) is 0 Å². The van der Waals surface area contributed by atoms with E-state index in [1.54, 1.807) is 12.1 Å². The maximum atomic E-state index is 11.8. The van der Waals surface area contributed by atoms with Gasteiger partial charge in [-0.15, -0.1) is 0 Å². The van der Waals surface area contributed by atoms with Gasteiger partial charge in [0.25, 0.3) is 0 Å². The maximum absolute atomic E-state index is 11.8. The molecule has 4 aliphatic heterocycles. The second-order valence-corrected chi connectivity index (χ2v) is 17.2. The topological polar surface area (TPSA) is 337 Å². The van der Waals surface area contributed by atoms with Crippen LogP contribution in [-0.4, -0.2) is 209 Å². The lowest BCUT2D eigenvalue weighted by Crippen LogP contribution is -2.65. The fourth-order valence-corrected chi connectivity index (χ4v) is 8.77. The second-order valence-electron chi connectivity index (χ2n) is 17.2. The lowest BCUT2D eigenvalue weighted by molar-refractivity contribution is -0.353. The van der Waals surface area contributed by atoms with Crippen LogP contribution in [0.25, 0.3) is 0 Å². The predicted octanol–water partition coefficient (Wildman–Crippen LogP) is -3.33. The van der Waals surface area contributed by atoms with Gasteiger partial charge < -0.3 is 104 Å². The largest absolute Gasteiger partial charge is 0.462 e. The van der Waals surface area contributed by atoms with Gasteiger partial charge in [0.2, 0.25) is 12.6 Å². The Labute approximate surface area is 364 Å². The fourth-order valence-electron chi connectivity index (χ4n) is 8.77. The molecule has 21 heteroatoms. The Morgan fingerprint density at radius 1 is 0.571 bits per heavy atom. The first-order chi connectivity index (χ1) is 30.0. The van der Waals surface area contributed by atoms with Crippen molar-refractivity contribution in [2.45, 2.75) is 194 Å². The summed E-state index contributed by atoms with van der Waals surface area (Å²) < 4.78 is 47.6. The van der Waals surface area contributed by atoms with Gasteiger partial charge in [-0.05, 0) is 63.6 Å². The lowest BCUT2D eigenvalue weighted by Gasteiger charge is -2.46. The van der Waals surface area contributed by atoms with Crippen LogP contribution < -0.4 is 9.47 Å². The molecule has 63 heavy (non-hydrogen) atoms. The standard InChI is InChI=1S/C42H66O21/c1-4-5-6-9-19-12-21(57-41-35(54)37(29(48)24(15-44)60-41)62-39-33(52)31(50)27(46)18(3)56-39)26(20-10-7-8-17(2)11-20)22(13-19)58-42-36(55)38(30(49)25(16-45)61-42)63-40-34(53)32(51)28(47)23(14-43)59-40/h11-13,18,20,23-25,27-55H,4-10,14-16H2,1-3H3/t18-,20+,23-,24-,25-,27-,28-,29-,30-,31+,32+,33-,34-,35-,36-,37+,38+,39+,40-,41-,42-/m1/s1. The normalized spacial score (nSPS) is 43.6. The van der Waals surface area contributed by atoms with E-state index in [1.807, 2.05) is 19.9 Å². The number of unbranched alkanes of at least 4 members (excludes halogenated alkanes) is 2. The average molecular weight is 907 g/mol. The molecule has 0 aromatic heterocycles. The summed E-state index contributed by atoms with van der Waals surface area (Å²) in [5.74, 6) is -0.164. The van der Waals surface area contributed by atoms with E-state index in [0.717, 1.165) is 37.7 Å². The number of aryl methyl sites for hydroxylation is 1. The third-order valence-electron chi connectivity index (χ3n) is 12.5. The van der Waals surface area contributed by atoms with E-state index in [-0.39, 0.29) is 11.5 Å². The minimum absolute atomic E-state index is 0.121. The van der Waals surface area contributed by atoms with Crippen molar-refractivity contribution in [3.63, 3.8) is 0 Å². The molecule has 5 aliphatic rings. The average Bonchev–Trinajstić information content (AvgIpc) is 3.26. The van der Waals surface area contributed by atoms with Crippen molar-refractivity contribution in [2.75, 3.05) is 19.8 Å². The van der Waals surface area contributed by atoms with E-state index in [0.29, 0.717) is 24.0 Å². The Bertz CT molecular complexity index is 1630. The van der Waals surface area contributed by atoms with Crippen LogP contribution in [0.15, 0.2) is 23.8 Å². The van der Waals surface area contributed by atoms with Crippen LogP contribution in [0.2, 0.25) is 0 Å². The van der Waals surface area contributed by atoms with Gasteiger partial charge in [0.15, 0.2) is 12.6 Å². The lowest BCUT2D eigenvalue weighted by atomic mass is 9.84. The maximum Gasteiger partial charge on any atom is 0.229 e.